The molecule has 1 heterocycles. The van der Waals surface area contributed by atoms with Crippen LogP contribution in [0.2, 0.25) is 0 Å². The summed E-state index contributed by atoms with van der Waals surface area (Å²) >= 11 is 0. The Labute approximate surface area is 236 Å². The van der Waals surface area contributed by atoms with E-state index in [-0.39, 0.29) is 29.1 Å². The Hall–Kier alpha value is -2.42. The van der Waals surface area contributed by atoms with Crippen molar-refractivity contribution >= 4 is 12.2 Å². The molecule has 0 unspecified atom stereocenters. The highest BCUT2D eigenvalue weighted by atomic mass is 16.5. The van der Waals surface area contributed by atoms with Crippen LogP contribution in [0.25, 0.3) is 0 Å². The molecule has 0 spiro atoms. The van der Waals surface area contributed by atoms with Crippen molar-refractivity contribution in [2.24, 2.45) is 33.6 Å². The van der Waals surface area contributed by atoms with Crippen molar-refractivity contribution in [1.82, 2.24) is 0 Å². The van der Waals surface area contributed by atoms with Crippen LogP contribution < -0.4 is 9.47 Å². The minimum Gasteiger partial charge on any atom is -0.493 e. The Morgan fingerprint density at radius 1 is 1.05 bits per heavy atom. The van der Waals surface area contributed by atoms with E-state index in [1.165, 1.54) is 0 Å². The van der Waals surface area contributed by atoms with Gasteiger partial charge in [-0.05, 0) is 80.8 Å². The topological polar surface area (TPSA) is 118 Å². The Morgan fingerprint density at radius 3 is 2.58 bits per heavy atom. The molecule has 3 N–H and O–H groups in total. The lowest BCUT2D eigenvalue weighted by Crippen LogP contribution is -2.68. The predicted octanol–water partition coefficient (Wildman–Crippen LogP) is 3.99. The molecule has 6 rings (SSSR count). The summed E-state index contributed by atoms with van der Waals surface area (Å²) < 4.78 is 16.3. The number of rotatable bonds is 6. The molecule has 8 atom stereocenters. The van der Waals surface area contributed by atoms with E-state index in [0.717, 1.165) is 30.4 Å². The lowest BCUT2D eigenvalue weighted by atomic mass is 9.41. The first-order valence-corrected chi connectivity index (χ1v) is 14.8. The molecular weight excluding hydrogens is 510 g/mol. The van der Waals surface area contributed by atoms with Gasteiger partial charge in [-0.2, -0.15) is 0 Å². The number of esters is 1. The standard InChI is InChI=1S/C32H43NO7/c1-29-11-8-24-25(32(29,37)14-10-23(29)21-15-27(35)40-18-21)9-13-31(36)16-22(34)7-12-30(24,31)19-33-17-20-5-4-6-26(38-2)28(20)39-3/h4-6,15,19,22-25,34,36-37H,7-14,16-18H2,1-3H3/t22-,23+,24+,25+,29+,30-,31+,32-/m0/s1. The van der Waals surface area contributed by atoms with Crippen LogP contribution in [0.4, 0.5) is 0 Å². The predicted molar refractivity (Wildman–Crippen MR) is 149 cm³/mol. The van der Waals surface area contributed by atoms with Crippen LogP contribution in [0.1, 0.15) is 70.3 Å². The van der Waals surface area contributed by atoms with Gasteiger partial charge < -0.3 is 29.5 Å². The van der Waals surface area contributed by atoms with Crippen LogP contribution in [-0.2, 0) is 16.1 Å². The van der Waals surface area contributed by atoms with Crippen molar-refractivity contribution in [2.75, 3.05) is 20.8 Å². The number of carbonyl (C=O) groups is 1. The van der Waals surface area contributed by atoms with Crippen LogP contribution in [0.3, 0.4) is 0 Å². The summed E-state index contributed by atoms with van der Waals surface area (Å²) in [5, 5.41) is 35.4. The first-order chi connectivity index (χ1) is 19.1. The van der Waals surface area contributed by atoms with Gasteiger partial charge in [-0.15, -0.1) is 0 Å². The quantitative estimate of drug-likeness (QED) is 0.360. The number of ether oxygens (including phenoxy) is 3. The number of nitrogens with zero attached hydrogens (tertiary/aromatic N) is 1. The highest BCUT2D eigenvalue weighted by molar-refractivity contribution is 5.85. The van der Waals surface area contributed by atoms with Crippen molar-refractivity contribution in [3.8, 4) is 11.5 Å². The fraction of sp³-hybridized carbons (Fsp3) is 0.688. The highest BCUT2D eigenvalue weighted by Gasteiger charge is 2.71. The second kappa shape index (κ2) is 9.85. The van der Waals surface area contributed by atoms with Gasteiger partial charge in [0.25, 0.3) is 0 Å². The van der Waals surface area contributed by atoms with E-state index in [4.69, 9.17) is 19.2 Å². The molecule has 1 aromatic carbocycles. The second-order valence-corrected chi connectivity index (χ2v) is 13.1. The number of cyclic esters (lactones) is 1. The number of para-hydroxylation sites is 1. The SMILES string of the molecule is COc1cccc(CN=C[C@]23CC[C@H](O)C[C@]2(O)CC[C@@H]2[C@H]3CC[C@]3(C)[C@@H](C4=CC(=O)OC4)CC[C@]23O)c1OC. The Bertz CT molecular complexity index is 1230. The number of hydrogen-bond acceptors (Lipinski definition) is 8. The summed E-state index contributed by atoms with van der Waals surface area (Å²) in [6.07, 6.45) is 9.04. The molecule has 0 radical (unpaired) electrons. The fourth-order valence-electron chi connectivity index (χ4n) is 9.75. The first kappa shape index (κ1) is 27.7. The summed E-state index contributed by atoms with van der Waals surface area (Å²) in [5.74, 6) is 1.18. The molecule has 4 fully saturated rings. The number of benzene rings is 1. The van der Waals surface area contributed by atoms with Crippen molar-refractivity contribution < 1.29 is 34.3 Å². The van der Waals surface area contributed by atoms with E-state index >= 15 is 0 Å². The number of carbonyl (C=O) groups excluding carboxylic acids is 1. The molecule has 1 aromatic rings. The van der Waals surface area contributed by atoms with E-state index in [0.29, 0.717) is 63.2 Å². The minimum absolute atomic E-state index is 0.00296. The van der Waals surface area contributed by atoms with E-state index in [1.807, 2.05) is 24.4 Å². The first-order valence-electron chi connectivity index (χ1n) is 14.8. The molecule has 1 aliphatic heterocycles. The molecule has 5 aliphatic rings. The summed E-state index contributed by atoms with van der Waals surface area (Å²) in [7, 11) is 3.23. The molecule has 40 heavy (non-hydrogen) atoms. The van der Waals surface area contributed by atoms with Gasteiger partial charge in [0.2, 0.25) is 0 Å². The third kappa shape index (κ3) is 3.89. The maximum absolute atomic E-state index is 12.6. The van der Waals surface area contributed by atoms with Crippen LogP contribution in [-0.4, -0.2) is 65.6 Å². The lowest BCUT2D eigenvalue weighted by Gasteiger charge is -2.65. The summed E-state index contributed by atoms with van der Waals surface area (Å²) in [5.41, 5.74) is -1.06. The van der Waals surface area contributed by atoms with Crippen molar-refractivity contribution in [3.63, 3.8) is 0 Å². The zero-order valence-corrected chi connectivity index (χ0v) is 23.9. The van der Waals surface area contributed by atoms with Gasteiger partial charge >= 0.3 is 5.97 Å². The highest BCUT2D eigenvalue weighted by Crippen LogP contribution is 2.70. The third-order valence-corrected chi connectivity index (χ3v) is 11.7. The average Bonchev–Trinajstić information content (AvgIpc) is 3.48. The molecule has 8 heteroatoms. The molecule has 0 amide bonds. The van der Waals surface area contributed by atoms with Crippen molar-refractivity contribution in [2.45, 2.75) is 88.6 Å². The van der Waals surface area contributed by atoms with Gasteiger partial charge in [0.15, 0.2) is 11.5 Å². The number of methoxy groups -OCH3 is 2. The van der Waals surface area contributed by atoms with Gasteiger partial charge in [-0.3, -0.25) is 4.99 Å². The fourth-order valence-corrected chi connectivity index (χ4v) is 9.75. The molecular formula is C32H43NO7. The molecule has 0 bridgehead atoms. The molecule has 4 saturated carbocycles. The van der Waals surface area contributed by atoms with Crippen LogP contribution in [0.15, 0.2) is 34.8 Å². The van der Waals surface area contributed by atoms with E-state index < -0.39 is 22.7 Å². The van der Waals surface area contributed by atoms with Crippen molar-refractivity contribution in [1.29, 1.82) is 0 Å². The number of aliphatic hydroxyl groups is 3. The van der Waals surface area contributed by atoms with Gasteiger partial charge in [0, 0.05) is 35.1 Å². The largest absolute Gasteiger partial charge is 0.493 e. The maximum atomic E-state index is 12.6. The Kier molecular flexibility index (Phi) is 6.83. The molecule has 4 aliphatic carbocycles. The van der Waals surface area contributed by atoms with E-state index in [1.54, 1.807) is 20.3 Å². The number of aliphatic imine (C=N–C) groups is 1. The summed E-state index contributed by atoms with van der Waals surface area (Å²) in [6.45, 7) is 2.90. The number of fused-ring (bicyclic) bond motifs is 5. The number of aliphatic hydroxyl groups excluding tert-OH is 1. The van der Waals surface area contributed by atoms with E-state index in [9.17, 15) is 20.1 Å². The zero-order valence-electron chi connectivity index (χ0n) is 23.9. The monoisotopic (exact) mass is 553 g/mol. The zero-order chi connectivity index (χ0) is 28.3. The molecule has 218 valence electrons. The second-order valence-electron chi connectivity index (χ2n) is 13.1. The lowest BCUT2D eigenvalue weighted by molar-refractivity contribution is -0.237. The smallest absolute Gasteiger partial charge is 0.331 e. The van der Waals surface area contributed by atoms with Gasteiger partial charge in [-0.1, -0.05) is 19.1 Å². The summed E-state index contributed by atoms with van der Waals surface area (Å²) in [6, 6.07) is 5.74. The third-order valence-electron chi connectivity index (χ3n) is 11.7. The van der Waals surface area contributed by atoms with Gasteiger partial charge in [-0.25, -0.2) is 4.79 Å². The molecule has 0 aromatic heterocycles. The van der Waals surface area contributed by atoms with Crippen LogP contribution in [0.5, 0.6) is 11.5 Å². The van der Waals surface area contributed by atoms with Gasteiger partial charge in [0.1, 0.15) is 6.61 Å². The van der Waals surface area contributed by atoms with Crippen molar-refractivity contribution in [3.05, 3.63) is 35.4 Å². The van der Waals surface area contributed by atoms with Crippen LogP contribution in [0, 0.1) is 28.6 Å². The molecule has 0 saturated heterocycles. The number of hydrogen-bond donors (Lipinski definition) is 3. The normalized spacial score (nSPS) is 42.5. The van der Waals surface area contributed by atoms with Gasteiger partial charge in [0.05, 0.1) is 38.1 Å². The molecule has 8 nitrogen and oxygen atoms in total. The Morgan fingerprint density at radius 2 is 1.85 bits per heavy atom. The summed E-state index contributed by atoms with van der Waals surface area (Å²) in [4.78, 5) is 16.8. The maximum Gasteiger partial charge on any atom is 0.331 e. The Balaban J connectivity index is 1.35. The van der Waals surface area contributed by atoms with Crippen LogP contribution >= 0.6 is 0 Å². The average molecular weight is 554 g/mol. The minimum atomic E-state index is -1.08. The van der Waals surface area contributed by atoms with E-state index in [2.05, 4.69) is 6.92 Å².